The zero-order chi connectivity index (χ0) is 14.7. The van der Waals surface area contributed by atoms with Gasteiger partial charge in [0.05, 0.1) is 30.5 Å². The first-order valence-electron chi connectivity index (χ1n) is 5.71. The Morgan fingerprint density at radius 3 is 2.95 bits per heavy atom. The molecule has 2 heterocycles. The molecule has 1 fully saturated rings. The molecule has 1 amide bonds. The lowest BCUT2D eigenvalue weighted by Crippen LogP contribution is -2.43. The normalized spacial score (nSPS) is 21.7. The van der Waals surface area contributed by atoms with Crippen LogP contribution in [0, 0.1) is 5.92 Å². The smallest absolute Gasteiger partial charge is 0.311 e. The molecule has 2 atom stereocenters. The summed E-state index contributed by atoms with van der Waals surface area (Å²) in [4.78, 5) is 31.1. The van der Waals surface area contributed by atoms with Crippen LogP contribution in [-0.2, 0) is 9.53 Å². The summed E-state index contributed by atoms with van der Waals surface area (Å²) in [6.07, 6.45) is 3.12. The van der Waals surface area contributed by atoms with Gasteiger partial charge in [0.2, 0.25) is 0 Å². The van der Waals surface area contributed by atoms with Crippen LogP contribution in [0.25, 0.3) is 0 Å². The van der Waals surface area contributed by atoms with Crippen LogP contribution in [0.15, 0.2) is 11.4 Å². The molecule has 1 saturated heterocycles. The van der Waals surface area contributed by atoms with Crippen LogP contribution in [0.2, 0.25) is 5.02 Å². The van der Waals surface area contributed by atoms with E-state index in [9.17, 15) is 9.59 Å². The molecule has 2 rings (SSSR count). The summed E-state index contributed by atoms with van der Waals surface area (Å²) in [5.74, 6) is -2.31. The number of carbonyl (C=O) groups is 2. The summed E-state index contributed by atoms with van der Waals surface area (Å²) in [6, 6.07) is -0.594. The summed E-state index contributed by atoms with van der Waals surface area (Å²) in [7, 11) is 0. The van der Waals surface area contributed by atoms with Crippen LogP contribution in [0.5, 0.6) is 0 Å². The number of carboxylic acid groups (broad SMARTS) is 1. The number of hydrogen-bond acceptors (Lipinski definition) is 6. The molecule has 1 aromatic rings. The van der Waals surface area contributed by atoms with E-state index in [4.69, 9.17) is 21.4 Å². The second-order valence-corrected chi connectivity index (χ2v) is 5.30. The number of carboxylic acids is 1. The monoisotopic (exact) mass is 317 g/mol. The Morgan fingerprint density at radius 2 is 2.30 bits per heavy atom. The van der Waals surface area contributed by atoms with Gasteiger partial charge in [0.25, 0.3) is 5.91 Å². The van der Waals surface area contributed by atoms with Gasteiger partial charge in [-0.3, -0.25) is 9.59 Å². The van der Waals surface area contributed by atoms with Crippen LogP contribution in [0.4, 0.5) is 0 Å². The molecule has 0 spiro atoms. The van der Waals surface area contributed by atoms with Crippen molar-refractivity contribution in [3.63, 3.8) is 0 Å². The number of rotatable bonds is 4. The molecule has 20 heavy (non-hydrogen) atoms. The quantitative estimate of drug-likeness (QED) is 0.622. The predicted octanol–water partition coefficient (Wildman–Crippen LogP) is 0.681. The van der Waals surface area contributed by atoms with Gasteiger partial charge in [-0.15, -0.1) is 0 Å². The van der Waals surface area contributed by atoms with Crippen molar-refractivity contribution < 1.29 is 19.4 Å². The number of hydrogen-bond donors (Lipinski definition) is 2. The highest BCUT2D eigenvalue weighted by molar-refractivity contribution is 7.98. The van der Waals surface area contributed by atoms with E-state index in [0.717, 1.165) is 0 Å². The van der Waals surface area contributed by atoms with Gasteiger partial charge in [-0.1, -0.05) is 23.4 Å². The lowest BCUT2D eigenvalue weighted by molar-refractivity contribution is -0.142. The van der Waals surface area contributed by atoms with E-state index in [-0.39, 0.29) is 23.9 Å². The number of aliphatic carboxylic acids is 1. The van der Waals surface area contributed by atoms with Crippen LogP contribution in [-0.4, -0.2) is 52.5 Å². The summed E-state index contributed by atoms with van der Waals surface area (Å²) in [5, 5.41) is 12.1. The molecule has 2 unspecified atom stereocenters. The first-order valence-corrected chi connectivity index (χ1v) is 7.31. The van der Waals surface area contributed by atoms with Crippen molar-refractivity contribution in [1.29, 1.82) is 0 Å². The average molecular weight is 318 g/mol. The Bertz CT molecular complexity index is 542. The van der Waals surface area contributed by atoms with Crippen molar-refractivity contribution in [2.45, 2.75) is 11.2 Å². The number of halogens is 1. The van der Waals surface area contributed by atoms with Gasteiger partial charge in [-0.2, -0.15) is 0 Å². The van der Waals surface area contributed by atoms with Gasteiger partial charge < -0.3 is 15.2 Å². The van der Waals surface area contributed by atoms with Crippen molar-refractivity contribution in [1.82, 2.24) is 15.3 Å². The molecule has 2 N–H and O–H groups in total. The Kier molecular flexibility index (Phi) is 4.79. The SMILES string of the molecule is CSc1ncc(Cl)c(C(=O)NC2COCC2C(=O)O)n1. The maximum atomic E-state index is 12.1. The molecule has 0 radical (unpaired) electrons. The minimum absolute atomic E-state index is 0.0297. The van der Waals surface area contributed by atoms with Crippen LogP contribution >= 0.6 is 23.4 Å². The van der Waals surface area contributed by atoms with Gasteiger partial charge in [-0.25, -0.2) is 9.97 Å². The van der Waals surface area contributed by atoms with E-state index in [2.05, 4.69) is 15.3 Å². The largest absolute Gasteiger partial charge is 0.481 e. The van der Waals surface area contributed by atoms with Crippen LogP contribution in [0.1, 0.15) is 10.5 Å². The summed E-state index contributed by atoms with van der Waals surface area (Å²) in [5.41, 5.74) is 0.0297. The number of ether oxygens (including phenoxy) is 1. The van der Waals surface area contributed by atoms with Crippen molar-refractivity contribution in [3.8, 4) is 0 Å². The number of amides is 1. The summed E-state index contributed by atoms with van der Waals surface area (Å²) < 4.78 is 5.08. The van der Waals surface area contributed by atoms with E-state index >= 15 is 0 Å². The van der Waals surface area contributed by atoms with Gasteiger partial charge in [-0.05, 0) is 6.26 Å². The second kappa shape index (κ2) is 6.38. The zero-order valence-corrected chi connectivity index (χ0v) is 12.1. The Labute approximate surface area is 124 Å². The third-order valence-corrected chi connectivity index (χ3v) is 3.67. The minimum atomic E-state index is -1.01. The second-order valence-electron chi connectivity index (χ2n) is 4.12. The van der Waals surface area contributed by atoms with E-state index in [1.165, 1.54) is 18.0 Å². The van der Waals surface area contributed by atoms with Crippen LogP contribution < -0.4 is 5.32 Å². The molecule has 0 aliphatic carbocycles. The molecule has 1 aromatic heterocycles. The van der Waals surface area contributed by atoms with Gasteiger partial charge in [0.15, 0.2) is 10.9 Å². The summed E-state index contributed by atoms with van der Waals surface area (Å²) >= 11 is 7.17. The number of nitrogens with zero attached hydrogens (tertiary/aromatic N) is 2. The van der Waals surface area contributed by atoms with E-state index in [1.54, 1.807) is 6.26 Å². The Hall–Kier alpha value is -1.38. The molecule has 0 bridgehead atoms. The standard InChI is InChI=1S/C11H12ClN3O4S/c1-20-11-13-2-6(12)8(15-11)9(16)14-7-4-19-3-5(7)10(17)18/h2,5,7H,3-4H2,1H3,(H,14,16)(H,17,18). The molecule has 1 aliphatic rings. The molecular weight excluding hydrogens is 306 g/mol. The number of thioether (sulfide) groups is 1. The fourth-order valence-electron chi connectivity index (χ4n) is 1.79. The Balaban J connectivity index is 2.14. The maximum absolute atomic E-state index is 12.1. The number of nitrogens with one attached hydrogen (secondary N) is 1. The fraction of sp³-hybridized carbons (Fsp3) is 0.455. The van der Waals surface area contributed by atoms with Crippen LogP contribution in [0.3, 0.4) is 0 Å². The molecular formula is C11H12ClN3O4S. The van der Waals surface area contributed by atoms with Gasteiger partial charge >= 0.3 is 5.97 Å². The molecule has 7 nitrogen and oxygen atoms in total. The molecule has 0 saturated carbocycles. The molecule has 9 heteroatoms. The highest BCUT2D eigenvalue weighted by Gasteiger charge is 2.35. The van der Waals surface area contributed by atoms with Crippen molar-refractivity contribution >= 4 is 35.2 Å². The third-order valence-electron chi connectivity index (χ3n) is 2.83. The van der Waals surface area contributed by atoms with E-state index in [1.807, 2.05) is 0 Å². The Morgan fingerprint density at radius 1 is 1.55 bits per heavy atom. The molecule has 0 aromatic carbocycles. The fourth-order valence-corrected chi connectivity index (χ4v) is 2.30. The van der Waals surface area contributed by atoms with Crippen molar-refractivity contribution in [2.24, 2.45) is 5.92 Å². The number of carbonyl (C=O) groups excluding carboxylic acids is 1. The van der Waals surface area contributed by atoms with E-state index < -0.39 is 23.8 Å². The molecule has 108 valence electrons. The summed E-state index contributed by atoms with van der Waals surface area (Å²) in [6.45, 7) is 0.231. The average Bonchev–Trinajstić information content (AvgIpc) is 2.87. The molecule has 1 aliphatic heterocycles. The third kappa shape index (κ3) is 3.20. The minimum Gasteiger partial charge on any atom is -0.481 e. The van der Waals surface area contributed by atoms with E-state index in [0.29, 0.717) is 5.16 Å². The van der Waals surface area contributed by atoms with Gasteiger partial charge in [0.1, 0.15) is 5.92 Å². The highest BCUT2D eigenvalue weighted by Crippen LogP contribution is 2.18. The lowest BCUT2D eigenvalue weighted by Gasteiger charge is -2.15. The number of aromatic nitrogens is 2. The predicted molar refractivity (Wildman–Crippen MR) is 72.0 cm³/mol. The lowest BCUT2D eigenvalue weighted by atomic mass is 10.0. The zero-order valence-electron chi connectivity index (χ0n) is 10.5. The highest BCUT2D eigenvalue weighted by atomic mass is 35.5. The van der Waals surface area contributed by atoms with Crippen molar-refractivity contribution in [2.75, 3.05) is 19.5 Å². The first kappa shape index (κ1) is 15.0. The topological polar surface area (TPSA) is 101 Å². The van der Waals surface area contributed by atoms with Gasteiger partial charge in [0, 0.05) is 0 Å². The van der Waals surface area contributed by atoms with Crippen molar-refractivity contribution in [3.05, 3.63) is 16.9 Å². The first-order chi connectivity index (χ1) is 9.52. The maximum Gasteiger partial charge on any atom is 0.311 e.